The molecule has 72 valence electrons. The van der Waals surface area contributed by atoms with Crippen molar-refractivity contribution >= 4 is 10.8 Å². The third kappa shape index (κ3) is 1.38. The maximum Gasteiger partial charge on any atom is 0.175 e. The molecule has 1 fully saturated rings. The van der Waals surface area contributed by atoms with Crippen molar-refractivity contribution in [2.24, 2.45) is 0 Å². The van der Waals surface area contributed by atoms with E-state index in [2.05, 4.69) is 30.3 Å². The van der Waals surface area contributed by atoms with Gasteiger partial charge in [-0.2, -0.15) is 5.26 Å². The highest BCUT2D eigenvalue weighted by Crippen LogP contribution is 2.38. The Kier molecular flexibility index (Phi) is 1.74. The Morgan fingerprint density at radius 2 is 1.87 bits per heavy atom. The van der Waals surface area contributed by atoms with Crippen molar-refractivity contribution in [3.8, 4) is 6.07 Å². The van der Waals surface area contributed by atoms with E-state index in [-0.39, 0.29) is 12.2 Å². The molecule has 0 radical (unpaired) electrons. The first-order valence-electron chi connectivity index (χ1n) is 4.92. The molecule has 0 bridgehead atoms. The van der Waals surface area contributed by atoms with Crippen LogP contribution < -0.4 is 0 Å². The topological polar surface area (TPSA) is 36.3 Å². The van der Waals surface area contributed by atoms with E-state index in [1.807, 2.05) is 18.2 Å². The number of ether oxygens (including phenoxy) is 1. The van der Waals surface area contributed by atoms with E-state index in [0.29, 0.717) is 0 Å². The minimum atomic E-state index is -0.244. The van der Waals surface area contributed by atoms with Crippen molar-refractivity contribution in [1.29, 1.82) is 5.26 Å². The lowest BCUT2D eigenvalue weighted by molar-refractivity contribution is 0.396. The summed E-state index contributed by atoms with van der Waals surface area (Å²) in [5.41, 5.74) is 1.10. The maximum atomic E-state index is 8.68. The summed E-state index contributed by atoms with van der Waals surface area (Å²) in [5.74, 6) is 0. The van der Waals surface area contributed by atoms with Crippen LogP contribution in [-0.4, -0.2) is 6.10 Å². The molecule has 0 aliphatic carbocycles. The molecule has 2 aromatic rings. The van der Waals surface area contributed by atoms with Crippen molar-refractivity contribution in [3.05, 3.63) is 48.0 Å². The molecule has 15 heavy (non-hydrogen) atoms. The van der Waals surface area contributed by atoms with Crippen LogP contribution in [-0.2, 0) is 4.74 Å². The molecule has 3 rings (SSSR count). The zero-order valence-electron chi connectivity index (χ0n) is 8.05. The summed E-state index contributed by atoms with van der Waals surface area (Å²) in [6, 6.07) is 16.5. The minimum Gasteiger partial charge on any atom is -0.348 e. The maximum absolute atomic E-state index is 8.68. The number of nitrogens with zero attached hydrogens (tertiary/aromatic N) is 1. The molecule has 1 saturated heterocycles. The van der Waals surface area contributed by atoms with Crippen LogP contribution >= 0.6 is 0 Å². The molecule has 2 aromatic carbocycles. The Balaban J connectivity index is 2.05. The first-order chi connectivity index (χ1) is 7.38. The Bertz CT molecular complexity index is 556. The molecule has 0 aromatic heterocycles. The van der Waals surface area contributed by atoms with Gasteiger partial charge < -0.3 is 4.74 Å². The number of fused-ring (bicyclic) bond motifs is 1. The van der Waals surface area contributed by atoms with Gasteiger partial charge in [0.05, 0.1) is 6.07 Å². The Labute approximate surface area is 87.7 Å². The van der Waals surface area contributed by atoms with Gasteiger partial charge in [0.1, 0.15) is 6.10 Å². The zero-order valence-corrected chi connectivity index (χ0v) is 8.05. The van der Waals surface area contributed by atoms with Crippen LogP contribution in [0.5, 0.6) is 0 Å². The summed E-state index contributed by atoms with van der Waals surface area (Å²) in [6.07, 6.45) is -0.259. The average Bonchev–Trinajstić information content (AvgIpc) is 3.08. The predicted octanol–water partition coefficient (Wildman–Crippen LogP) is 2.80. The van der Waals surface area contributed by atoms with Crippen molar-refractivity contribution in [2.75, 3.05) is 0 Å². The number of hydrogen-bond acceptors (Lipinski definition) is 2. The van der Waals surface area contributed by atoms with E-state index in [1.165, 1.54) is 10.8 Å². The molecule has 2 heteroatoms. The Morgan fingerprint density at radius 1 is 1.07 bits per heavy atom. The average molecular weight is 195 g/mol. The summed E-state index contributed by atoms with van der Waals surface area (Å²) in [5, 5.41) is 11.1. The fraction of sp³-hybridized carbons (Fsp3) is 0.154. The lowest BCUT2D eigenvalue weighted by Crippen LogP contribution is -1.84. The van der Waals surface area contributed by atoms with E-state index in [1.54, 1.807) is 0 Å². The molecule has 0 unspecified atom stereocenters. The van der Waals surface area contributed by atoms with Crippen molar-refractivity contribution in [1.82, 2.24) is 0 Å². The monoisotopic (exact) mass is 195 g/mol. The molecule has 0 saturated carbocycles. The summed E-state index contributed by atoms with van der Waals surface area (Å²) in [7, 11) is 0. The lowest BCUT2D eigenvalue weighted by atomic mass is 10.0. The molecule has 2 atom stereocenters. The molecule has 1 heterocycles. The molecule has 0 amide bonds. The Morgan fingerprint density at radius 3 is 2.60 bits per heavy atom. The molecule has 1 aliphatic rings. The molecule has 0 spiro atoms. The molecular weight excluding hydrogens is 186 g/mol. The van der Waals surface area contributed by atoms with Gasteiger partial charge in [0.2, 0.25) is 0 Å². The third-order valence-electron chi connectivity index (χ3n) is 2.72. The van der Waals surface area contributed by atoms with Gasteiger partial charge in [-0.15, -0.1) is 0 Å². The molecular formula is C13H9NO. The summed E-state index contributed by atoms with van der Waals surface area (Å²) in [4.78, 5) is 0. The van der Waals surface area contributed by atoms with Gasteiger partial charge in [-0.25, -0.2) is 0 Å². The van der Waals surface area contributed by atoms with E-state index in [4.69, 9.17) is 10.00 Å². The smallest absolute Gasteiger partial charge is 0.175 e. The largest absolute Gasteiger partial charge is 0.348 e. The van der Waals surface area contributed by atoms with Gasteiger partial charge in [0.15, 0.2) is 6.10 Å². The van der Waals surface area contributed by atoms with E-state index in [9.17, 15) is 0 Å². The first-order valence-corrected chi connectivity index (χ1v) is 4.92. The van der Waals surface area contributed by atoms with Gasteiger partial charge in [-0.1, -0.05) is 36.4 Å². The van der Waals surface area contributed by atoms with Gasteiger partial charge in [0, 0.05) is 0 Å². The van der Waals surface area contributed by atoms with E-state index in [0.717, 1.165) is 5.56 Å². The van der Waals surface area contributed by atoms with Crippen LogP contribution in [0, 0.1) is 11.3 Å². The van der Waals surface area contributed by atoms with Crippen LogP contribution in [0.4, 0.5) is 0 Å². The second-order valence-corrected chi connectivity index (χ2v) is 3.71. The summed E-state index contributed by atoms with van der Waals surface area (Å²) < 4.78 is 5.24. The number of epoxide rings is 1. The number of hydrogen-bond donors (Lipinski definition) is 0. The lowest BCUT2D eigenvalue weighted by Gasteiger charge is -1.99. The highest BCUT2D eigenvalue weighted by atomic mass is 16.6. The molecule has 1 aliphatic heterocycles. The zero-order chi connectivity index (χ0) is 10.3. The van der Waals surface area contributed by atoms with Crippen LogP contribution in [0.3, 0.4) is 0 Å². The van der Waals surface area contributed by atoms with E-state index < -0.39 is 0 Å². The summed E-state index contributed by atoms with van der Waals surface area (Å²) in [6.45, 7) is 0. The van der Waals surface area contributed by atoms with Gasteiger partial charge in [0.25, 0.3) is 0 Å². The molecule has 0 N–H and O–H groups in total. The minimum absolute atomic E-state index is 0.0143. The van der Waals surface area contributed by atoms with Gasteiger partial charge >= 0.3 is 0 Å². The normalized spacial score (nSPS) is 23.7. The third-order valence-corrected chi connectivity index (χ3v) is 2.72. The van der Waals surface area contributed by atoms with E-state index >= 15 is 0 Å². The van der Waals surface area contributed by atoms with Crippen LogP contribution in [0.2, 0.25) is 0 Å². The standard InChI is InChI=1S/C13H9NO/c14-8-12-13(15-12)11-6-5-9-3-1-2-4-10(9)7-11/h1-7,12-13H/t12-,13-/m0/s1. The summed E-state index contributed by atoms with van der Waals surface area (Å²) >= 11 is 0. The molecule has 2 nitrogen and oxygen atoms in total. The SMILES string of the molecule is N#C[C@@H]1O[C@H]1c1ccc2ccccc2c1. The van der Waals surface area contributed by atoms with Crippen LogP contribution in [0.1, 0.15) is 11.7 Å². The van der Waals surface area contributed by atoms with Crippen molar-refractivity contribution in [3.63, 3.8) is 0 Å². The number of nitriles is 1. The Hall–Kier alpha value is -1.85. The van der Waals surface area contributed by atoms with Gasteiger partial charge in [-0.05, 0) is 22.4 Å². The van der Waals surface area contributed by atoms with Gasteiger partial charge in [-0.3, -0.25) is 0 Å². The fourth-order valence-electron chi connectivity index (χ4n) is 1.85. The van der Waals surface area contributed by atoms with Crippen LogP contribution in [0.25, 0.3) is 10.8 Å². The van der Waals surface area contributed by atoms with Crippen LogP contribution in [0.15, 0.2) is 42.5 Å². The fourth-order valence-corrected chi connectivity index (χ4v) is 1.85. The van der Waals surface area contributed by atoms with Crippen molar-refractivity contribution < 1.29 is 4.74 Å². The number of rotatable bonds is 1. The quantitative estimate of drug-likeness (QED) is 0.656. The predicted molar refractivity (Wildman–Crippen MR) is 57.2 cm³/mol. The number of benzene rings is 2. The second-order valence-electron chi connectivity index (χ2n) is 3.71. The second kappa shape index (κ2) is 3.08. The first kappa shape index (κ1) is 8.46. The highest BCUT2D eigenvalue weighted by molar-refractivity contribution is 5.83. The highest BCUT2D eigenvalue weighted by Gasteiger charge is 2.40. The van der Waals surface area contributed by atoms with Crippen molar-refractivity contribution in [2.45, 2.75) is 12.2 Å².